The van der Waals surface area contributed by atoms with E-state index in [1.807, 2.05) is 0 Å². The number of hydrogen-bond donors (Lipinski definition) is 1. The highest BCUT2D eigenvalue weighted by Gasteiger charge is 2.22. The average molecular weight is 289 g/mol. The number of piperidine rings is 1. The lowest BCUT2D eigenvalue weighted by molar-refractivity contribution is 0.249. The SMILES string of the molecule is CCCNCc1cc(C)ccc1N1CCC(N(C)C)CC1. The molecule has 118 valence electrons. The second-order valence-electron chi connectivity index (χ2n) is 6.49. The molecule has 0 bridgehead atoms. The van der Waals surface area contributed by atoms with Gasteiger partial charge in [0.2, 0.25) is 0 Å². The number of aryl methyl sites for hydroxylation is 1. The summed E-state index contributed by atoms with van der Waals surface area (Å²) >= 11 is 0. The van der Waals surface area contributed by atoms with Crippen molar-refractivity contribution in [2.75, 3.05) is 38.6 Å². The molecule has 1 N–H and O–H groups in total. The van der Waals surface area contributed by atoms with E-state index in [4.69, 9.17) is 0 Å². The number of hydrogen-bond acceptors (Lipinski definition) is 3. The maximum atomic E-state index is 3.55. The van der Waals surface area contributed by atoms with Gasteiger partial charge in [-0.15, -0.1) is 0 Å². The average Bonchev–Trinajstić information content (AvgIpc) is 2.48. The Morgan fingerprint density at radius 2 is 1.95 bits per heavy atom. The van der Waals surface area contributed by atoms with Gasteiger partial charge in [0.05, 0.1) is 0 Å². The van der Waals surface area contributed by atoms with Crippen molar-refractivity contribution in [2.24, 2.45) is 0 Å². The fraction of sp³-hybridized carbons (Fsp3) is 0.667. The summed E-state index contributed by atoms with van der Waals surface area (Å²) in [5, 5.41) is 3.55. The van der Waals surface area contributed by atoms with E-state index < -0.39 is 0 Å². The minimum atomic E-state index is 0.744. The lowest BCUT2D eigenvalue weighted by Crippen LogP contribution is -2.42. The second kappa shape index (κ2) is 7.81. The van der Waals surface area contributed by atoms with Crippen molar-refractivity contribution in [3.05, 3.63) is 29.3 Å². The van der Waals surface area contributed by atoms with E-state index in [0.29, 0.717) is 0 Å². The van der Waals surface area contributed by atoms with Crippen LogP contribution in [-0.2, 0) is 6.54 Å². The first kappa shape index (κ1) is 16.3. The molecule has 3 heteroatoms. The summed E-state index contributed by atoms with van der Waals surface area (Å²) in [7, 11) is 4.40. The number of anilines is 1. The summed E-state index contributed by atoms with van der Waals surface area (Å²) in [4.78, 5) is 4.94. The molecule has 1 saturated heterocycles. The monoisotopic (exact) mass is 289 g/mol. The molecule has 21 heavy (non-hydrogen) atoms. The summed E-state index contributed by atoms with van der Waals surface area (Å²) in [6.45, 7) is 8.83. The van der Waals surface area contributed by atoms with Crippen LogP contribution in [0.4, 0.5) is 5.69 Å². The molecule has 0 amide bonds. The van der Waals surface area contributed by atoms with Crippen LogP contribution in [-0.4, -0.2) is 44.7 Å². The summed E-state index contributed by atoms with van der Waals surface area (Å²) in [5.74, 6) is 0. The van der Waals surface area contributed by atoms with Gasteiger partial charge in [0.25, 0.3) is 0 Å². The molecule has 1 aromatic rings. The molecule has 0 spiro atoms. The van der Waals surface area contributed by atoms with Crippen LogP contribution < -0.4 is 10.2 Å². The third-order valence-corrected chi connectivity index (χ3v) is 4.51. The third kappa shape index (κ3) is 4.45. The van der Waals surface area contributed by atoms with Gasteiger partial charge in [0, 0.05) is 31.4 Å². The van der Waals surface area contributed by atoms with Gasteiger partial charge in [-0.1, -0.05) is 24.6 Å². The Kier molecular flexibility index (Phi) is 6.07. The van der Waals surface area contributed by atoms with Crippen molar-refractivity contribution >= 4 is 5.69 Å². The Morgan fingerprint density at radius 1 is 1.24 bits per heavy atom. The van der Waals surface area contributed by atoms with E-state index in [1.165, 1.54) is 49.2 Å². The first-order chi connectivity index (χ1) is 10.1. The molecule has 3 nitrogen and oxygen atoms in total. The van der Waals surface area contributed by atoms with Crippen LogP contribution in [0.25, 0.3) is 0 Å². The largest absolute Gasteiger partial charge is 0.371 e. The fourth-order valence-corrected chi connectivity index (χ4v) is 3.19. The quantitative estimate of drug-likeness (QED) is 0.812. The third-order valence-electron chi connectivity index (χ3n) is 4.51. The van der Waals surface area contributed by atoms with Crippen LogP contribution in [0, 0.1) is 6.92 Å². The van der Waals surface area contributed by atoms with Crippen molar-refractivity contribution in [2.45, 2.75) is 45.7 Å². The van der Waals surface area contributed by atoms with Crippen LogP contribution in [0.5, 0.6) is 0 Å². The molecule has 0 atom stereocenters. The van der Waals surface area contributed by atoms with Gasteiger partial charge in [0.1, 0.15) is 0 Å². The summed E-state index contributed by atoms with van der Waals surface area (Å²) < 4.78 is 0. The summed E-state index contributed by atoms with van der Waals surface area (Å²) in [6.07, 6.45) is 3.72. The molecule has 1 aliphatic rings. The van der Waals surface area contributed by atoms with E-state index in [2.05, 4.69) is 61.3 Å². The normalized spacial score (nSPS) is 16.7. The fourth-order valence-electron chi connectivity index (χ4n) is 3.19. The van der Waals surface area contributed by atoms with Crippen molar-refractivity contribution in [1.82, 2.24) is 10.2 Å². The molecule has 0 unspecified atom stereocenters. The molecule has 1 aromatic carbocycles. The van der Waals surface area contributed by atoms with Crippen molar-refractivity contribution in [3.63, 3.8) is 0 Å². The Labute approximate surface area is 130 Å². The number of benzene rings is 1. The molecular formula is C18H31N3. The topological polar surface area (TPSA) is 18.5 Å². The Morgan fingerprint density at radius 3 is 2.57 bits per heavy atom. The highest BCUT2D eigenvalue weighted by molar-refractivity contribution is 5.55. The van der Waals surface area contributed by atoms with Gasteiger partial charge in [-0.2, -0.15) is 0 Å². The maximum absolute atomic E-state index is 3.55. The second-order valence-corrected chi connectivity index (χ2v) is 6.49. The molecule has 0 radical (unpaired) electrons. The number of nitrogens with one attached hydrogen (secondary N) is 1. The van der Waals surface area contributed by atoms with E-state index in [9.17, 15) is 0 Å². The van der Waals surface area contributed by atoms with Gasteiger partial charge >= 0.3 is 0 Å². The predicted octanol–water partition coefficient (Wildman–Crippen LogP) is 3.03. The Hall–Kier alpha value is -1.06. The van der Waals surface area contributed by atoms with Gasteiger partial charge in [-0.05, 0) is 58.5 Å². The molecule has 0 saturated carbocycles. The van der Waals surface area contributed by atoms with Crippen molar-refractivity contribution in [3.8, 4) is 0 Å². The Bertz CT molecular complexity index is 434. The van der Waals surface area contributed by atoms with Gasteiger partial charge in [-0.3, -0.25) is 0 Å². The number of nitrogens with zero attached hydrogens (tertiary/aromatic N) is 2. The number of rotatable bonds is 6. The van der Waals surface area contributed by atoms with Crippen molar-refractivity contribution in [1.29, 1.82) is 0 Å². The molecule has 1 heterocycles. The lowest BCUT2D eigenvalue weighted by Gasteiger charge is -2.37. The summed E-state index contributed by atoms with van der Waals surface area (Å²) in [5.41, 5.74) is 4.24. The van der Waals surface area contributed by atoms with Crippen LogP contribution in [0.1, 0.15) is 37.3 Å². The first-order valence-electron chi connectivity index (χ1n) is 8.33. The van der Waals surface area contributed by atoms with Crippen LogP contribution in [0.2, 0.25) is 0 Å². The molecule has 2 rings (SSSR count). The lowest BCUT2D eigenvalue weighted by atomic mass is 10.0. The molecule has 1 fully saturated rings. The van der Waals surface area contributed by atoms with Crippen molar-refractivity contribution < 1.29 is 0 Å². The van der Waals surface area contributed by atoms with E-state index in [0.717, 1.165) is 19.1 Å². The molecule has 1 aliphatic heterocycles. The van der Waals surface area contributed by atoms with Crippen LogP contribution in [0.3, 0.4) is 0 Å². The van der Waals surface area contributed by atoms with Gasteiger partial charge < -0.3 is 15.1 Å². The predicted molar refractivity (Wildman–Crippen MR) is 92.1 cm³/mol. The van der Waals surface area contributed by atoms with Crippen LogP contribution >= 0.6 is 0 Å². The minimum absolute atomic E-state index is 0.744. The molecule has 0 aromatic heterocycles. The van der Waals surface area contributed by atoms with Crippen LogP contribution in [0.15, 0.2) is 18.2 Å². The first-order valence-corrected chi connectivity index (χ1v) is 8.33. The Balaban J connectivity index is 2.05. The maximum Gasteiger partial charge on any atom is 0.0412 e. The zero-order valence-electron chi connectivity index (χ0n) is 14.2. The summed E-state index contributed by atoms with van der Waals surface area (Å²) in [6, 6.07) is 7.65. The standard InChI is InChI=1S/C18H31N3/c1-5-10-19-14-16-13-15(2)6-7-18(16)21-11-8-17(9-12-21)20(3)4/h6-7,13,17,19H,5,8-12,14H2,1-4H3. The van der Waals surface area contributed by atoms with E-state index in [1.54, 1.807) is 0 Å². The zero-order chi connectivity index (χ0) is 15.2. The van der Waals surface area contributed by atoms with E-state index >= 15 is 0 Å². The molecule has 0 aliphatic carbocycles. The molecular weight excluding hydrogens is 258 g/mol. The smallest absolute Gasteiger partial charge is 0.0412 e. The minimum Gasteiger partial charge on any atom is -0.371 e. The zero-order valence-corrected chi connectivity index (χ0v) is 14.2. The van der Waals surface area contributed by atoms with Gasteiger partial charge in [-0.25, -0.2) is 0 Å². The van der Waals surface area contributed by atoms with Gasteiger partial charge in [0.15, 0.2) is 0 Å². The van der Waals surface area contributed by atoms with E-state index in [-0.39, 0.29) is 0 Å². The highest BCUT2D eigenvalue weighted by atomic mass is 15.2. The highest BCUT2D eigenvalue weighted by Crippen LogP contribution is 2.26.